The number of aliphatic carboxylic acids is 1. The summed E-state index contributed by atoms with van der Waals surface area (Å²) in [4.78, 5) is 53.9. The minimum Gasteiger partial charge on any atom is -0.480 e. The summed E-state index contributed by atoms with van der Waals surface area (Å²) < 4.78 is 0. The minimum absolute atomic E-state index is 0.0120. The number of rotatable bonds is 15. The number of thioether (sulfide) groups is 1. The number of benzene rings is 1. The van der Waals surface area contributed by atoms with Gasteiger partial charge in [0.05, 0.1) is 12.1 Å². The molecule has 2 aromatic rings. The van der Waals surface area contributed by atoms with Crippen LogP contribution in [0.1, 0.15) is 39.2 Å². The number of carboxylic acid groups (broad SMARTS) is 1. The van der Waals surface area contributed by atoms with Crippen molar-refractivity contribution in [2.75, 3.05) is 12.0 Å². The summed E-state index contributed by atoms with van der Waals surface area (Å²) >= 11 is 1.55. The van der Waals surface area contributed by atoms with Gasteiger partial charge in [-0.15, -0.1) is 0 Å². The fourth-order valence-corrected chi connectivity index (χ4v) is 4.49. The Balaban J connectivity index is 2.26. The van der Waals surface area contributed by atoms with Crippen molar-refractivity contribution in [3.63, 3.8) is 0 Å². The van der Waals surface area contributed by atoms with Crippen LogP contribution in [-0.2, 0) is 25.6 Å². The number of amides is 3. The second-order valence-electron chi connectivity index (χ2n) is 9.77. The first-order valence-electron chi connectivity index (χ1n) is 12.6. The van der Waals surface area contributed by atoms with Crippen LogP contribution in [0.5, 0.6) is 0 Å². The number of carbonyl (C=O) groups excluding carboxylic acids is 3. The lowest BCUT2D eigenvalue weighted by Gasteiger charge is -2.27. The first-order chi connectivity index (χ1) is 17.9. The molecule has 5 atom stereocenters. The molecule has 0 aliphatic carbocycles. The first-order valence-corrected chi connectivity index (χ1v) is 13.9. The van der Waals surface area contributed by atoms with Gasteiger partial charge in [-0.3, -0.25) is 14.4 Å². The smallest absolute Gasteiger partial charge is 0.326 e. The van der Waals surface area contributed by atoms with Crippen LogP contribution in [0, 0.1) is 5.92 Å². The average molecular weight is 550 g/mol. The lowest BCUT2D eigenvalue weighted by Crippen LogP contribution is -2.60. The number of fused-ring (bicyclic) bond motifs is 1. The number of H-pyrrole nitrogens is 1. The Morgan fingerprint density at radius 2 is 1.66 bits per heavy atom. The number of carboxylic acids is 1. The third-order valence-corrected chi connectivity index (χ3v) is 6.73. The number of aliphatic hydroxyl groups excluding tert-OH is 1. The number of nitrogens with one attached hydrogen (secondary N) is 4. The average Bonchev–Trinajstić information content (AvgIpc) is 3.26. The zero-order chi connectivity index (χ0) is 28.4. The van der Waals surface area contributed by atoms with Crippen molar-refractivity contribution in [2.45, 2.75) is 70.3 Å². The van der Waals surface area contributed by atoms with E-state index < -0.39 is 54.0 Å². The molecule has 1 aromatic heterocycles. The Kier molecular flexibility index (Phi) is 12.1. The third-order valence-electron chi connectivity index (χ3n) is 6.09. The van der Waals surface area contributed by atoms with E-state index in [0.29, 0.717) is 12.2 Å². The zero-order valence-corrected chi connectivity index (χ0v) is 23.0. The first kappa shape index (κ1) is 31.1. The van der Waals surface area contributed by atoms with Gasteiger partial charge in [-0.2, -0.15) is 11.8 Å². The predicted molar refractivity (Wildman–Crippen MR) is 148 cm³/mol. The molecule has 3 amide bonds. The van der Waals surface area contributed by atoms with Crippen molar-refractivity contribution >= 4 is 46.4 Å². The van der Waals surface area contributed by atoms with E-state index in [1.807, 2.05) is 44.4 Å². The van der Waals surface area contributed by atoms with E-state index in [9.17, 15) is 29.4 Å². The van der Waals surface area contributed by atoms with Crippen LogP contribution in [0.4, 0.5) is 0 Å². The molecule has 0 saturated heterocycles. The highest BCUT2D eigenvalue weighted by molar-refractivity contribution is 7.98. The van der Waals surface area contributed by atoms with Crippen LogP contribution in [0.15, 0.2) is 30.5 Å². The maximum absolute atomic E-state index is 13.4. The van der Waals surface area contributed by atoms with Crippen molar-refractivity contribution < 1.29 is 29.4 Å². The van der Waals surface area contributed by atoms with Gasteiger partial charge in [0.1, 0.15) is 18.1 Å². The lowest BCUT2D eigenvalue weighted by atomic mass is 10.0. The lowest BCUT2D eigenvalue weighted by molar-refractivity contribution is -0.143. The third kappa shape index (κ3) is 9.03. The summed E-state index contributed by atoms with van der Waals surface area (Å²) in [5.74, 6) is -2.62. The molecule has 5 unspecified atom stereocenters. The standard InChI is InChI=1S/C26H39N5O6S/c1-14(2)11-21(26(36)37)30-25(35)22(15(3)32)31-24(34)20(29-23(33)18(27)9-10-38-4)12-16-13-28-19-8-6-5-7-17(16)19/h5-8,13-15,18,20-22,28,32H,9-12,27H2,1-4H3,(H,29,33)(H,30,35)(H,31,34)(H,36,37). The Bertz CT molecular complexity index is 1100. The molecule has 0 fully saturated rings. The van der Waals surface area contributed by atoms with E-state index in [2.05, 4.69) is 20.9 Å². The molecule has 1 aromatic carbocycles. The minimum atomic E-state index is -1.44. The molecule has 12 heteroatoms. The van der Waals surface area contributed by atoms with Gasteiger partial charge in [0.25, 0.3) is 0 Å². The molecule has 0 aliphatic heterocycles. The number of para-hydroxylation sites is 1. The van der Waals surface area contributed by atoms with Gasteiger partial charge in [-0.1, -0.05) is 32.0 Å². The van der Waals surface area contributed by atoms with Gasteiger partial charge < -0.3 is 36.9 Å². The summed E-state index contributed by atoms with van der Waals surface area (Å²) in [5.41, 5.74) is 7.63. The number of aromatic amines is 1. The molecule has 8 N–H and O–H groups in total. The molecule has 0 spiro atoms. The topological polar surface area (TPSA) is 187 Å². The highest BCUT2D eigenvalue weighted by Crippen LogP contribution is 2.19. The second kappa shape index (κ2) is 14.7. The number of carbonyl (C=O) groups is 4. The maximum atomic E-state index is 13.4. The number of hydrogen-bond donors (Lipinski definition) is 7. The zero-order valence-electron chi connectivity index (χ0n) is 22.2. The Morgan fingerprint density at radius 3 is 2.26 bits per heavy atom. The monoisotopic (exact) mass is 549 g/mol. The molecule has 0 bridgehead atoms. The highest BCUT2D eigenvalue weighted by atomic mass is 32.2. The van der Waals surface area contributed by atoms with Crippen molar-refractivity contribution in [2.24, 2.45) is 11.7 Å². The highest BCUT2D eigenvalue weighted by Gasteiger charge is 2.33. The molecule has 1 heterocycles. The summed E-state index contributed by atoms with van der Waals surface area (Å²) in [6, 6.07) is 2.93. The van der Waals surface area contributed by atoms with Crippen LogP contribution in [-0.4, -0.2) is 81.2 Å². The SMILES string of the molecule is CSCCC(N)C(=O)NC(Cc1c[nH]c2ccccc12)C(=O)NC(C(=O)NC(CC(C)C)C(=O)O)C(C)O. The summed E-state index contributed by atoms with van der Waals surface area (Å²) in [6.45, 7) is 4.95. The predicted octanol–water partition coefficient (Wildman–Crippen LogP) is 0.757. The van der Waals surface area contributed by atoms with Gasteiger partial charge in [0.2, 0.25) is 17.7 Å². The van der Waals surface area contributed by atoms with E-state index in [4.69, 9.17) is 5.73 Å². The fourth-order valence-electron chi connectivity index (χ4n) is 4.00. The molecule has 11 nitrogen and oxygen atoms in total. The second-order valence-corrected chi connectivity index (χ2v) is 10.8. The van der Waals surface area contributed by atoms with Crippen molar-refractivity contribution in [3.05, 3.63) is 36.0 Å². The van der Waals surface area contributed by atoms with E-state index in [0.717, 1.165) is 16.5 Å². The number of aliphatic hydroxyl groups is 1. The van der Waals surface area contributed by atoms with Crippen LogP contribution in [0.25, 0.3) is 10.9 Å². The van der Waals surface area contributed by atoms with E-state index in [-0.39, 0.29) is 18.8 Å². The van der Waals surface area contributed by atoms with Crippen LogP contribution >= 0.6 is 11.8 Å². The van der Waals surface area contributed by atoms with E-state index >= 15 is 0 Å². The van der Waals surface area contributed by atoms with Crippen molar-refractivity contribution in [3.8, 4) is 0 Å². The molecule has 38 heavy (non-hydrogen) atoms. The fraction of sp³-hybridized carbons (Fsp3) is 0.538. The Hall–Kier alpha value is -3.09. The van der Waals surface area contributed by atoms with Crippen molar-refractivity contribution in [1.29, 1.82) is 0 Å². The van der Waals surface area contributed by atoms with Gasteiger partial charge >= 0.3 is 5.97 Å². The maximum Gasteiger partial charge on any atom is 0.326 e. The van der Waals surface area contributed by atoms with Gasteiger partial charge in [0.15, 0.2) is 0 Å². The number of hydrogen-bond acceptors (Lipinski definition) is 7. The Morgan fingerprint density at radius 1 is 1.00 bits per heavy atom. The molecule has 2 rings (SSSR count). The van der Waals surface area contributed by atoms with E-state index in [1.165, 1.54) is 6.92 Å². The van der Waals surface area contributed by atoms with Crippen molar-refractivity contribution in [1.82, 2.24) is 20.9 Å². The van der Waals surface area contributed by atoms with Gasteiger partial charge in [-0.05, 0) is 49.3 Å². The van der Waals surface area contributed by atoms with E-state index in [1.54, 1.807) is 18.0 Å². The van der Waals surface area contributed by atoms with Crippen LogP contribution < -0.4 is 21.7 Å². The molecule has 0 saturated carbocycles. The summed E-state index contributed by atoms with van der Waals surface area (Å²) in [5, 5.41) is 28.2. The summed E-state index contributed by atoms with van der Waals surface area (Å²) in [6.07, 6.45) is 2.99. The molecular weight excluding hydrogens is 510 g/mol. The summed E-state index contributed by atoms with van der Waals surface area (Å²) in [7, 11) is 0. The largest absolute Gasteiger partial charge is 0.480 e. The van der Waals surface area contributed by atoms with Gasteiger partial charge in [0, 0.05) is 23.5 Å². The Labute approximate surface area is 226 Å². The number of nitrogens with two attached hydrogens (primary N) is 1. The quantitative estimate of drug-likeness (QED) is 0.170. The van der Waals surface area contributed by atoms with Crippen LogP contribution in [0.3, 0.4) is 0 Å². The van der Waals surface area contributed by atoms with Crippen LogP contribution in [0.2, 0.25) is 0 Å². The molecule has 0 radical (unpaired) electrons. The normalized spacial score (nSPS) is 15.3. The van der Waals surface area contributed by atoms with Gasteiger partial charge in [-0.25, -0.2) is 4.79 Å². The molecule has 210 valence electrons. The molecular formula is C26H39N5O6S. The number of aromatic nitrogens is 1. The molecule has 0 aliphatic rings.